The number of piperazine rings is 1. The summed E-state index contributed by atoms with van der Waals surface area (Å²) < 4.78 is 12.9. The third-order valence-corrected chi connectivity index (χ3v) is 4.66. The molecule has 1 aromatic carbocycles. The Morgan fingerprint density at radius 1 is 1.17 bits per heavy atom. The van der Waals surface area contributed by atoms with E-state index >= 15 is 0 Å². The van der Waals surface area contributed by atoms with Crippen LogP contribution in [0, 0.1) is 5.82 Å². The number of nitrogens with zero attached hydrogens (tertiary/aromatic N) is 3. The Morgan fingerprint density at radius 2 is 1.75 bits per heavy atom. The molecule has 1 atom stereocenters. The van der Waals surface area contributed by atoms with Crippen LogP contribution in [0.25, 0.3) is 0 Å². The second-order valence-corrected chi connectivity index (χ2v) is 6.21. The molecular weight excluding hydrogens is 309 g/mol. The number of rotatable bonds is 7. The van der Waals surface area contributed by atoms with E-state index in [0.717, 1.165) is 31.7 Å². The smallest absolute Gasteiger partial charge is 0.236 e. The third-order valence-electron chi connectivity index (χ3n) is 4.66. The lowest BCUT2D eigenvalue weighted by Crippen LogP contribution is -2.51. The monoisotopic (exact) mass is 337 g/mol. The molecule has 0 spiro atoms. The van der Waals surface area contributed by atoms with Crippen LogP contribution in [0.3, 0.4) is 0 Å². The fraction of sp³-hybridized carbons (Fsp3) is 0.611. The summed E-state index contributed by atoms with van der Waals surface area (Å²) in [6.45, 7) is 9.75. The fourth-order valence-corrected chi connectivity index (χ4v) is 2.95. The van der Waals surface area contributed by atoms with Gasteiger partial charge in [0.15, 0.2) is 0 Å². The van der Waals surface area contributed by atoms with Crippen LogP contribution < -0.4 is 0 Å². The van der Waals surface area contributed by atoms with Crippen molar-refractivity contribution in [3.63, 3.8) is 0 Å². The van der Waals surface area contributed by atoms with Crippen molar-refractivity contribution in [1.82, 2.24) is 14.7 Å². The first-order chi connectivity index (χ1) is 11.5. The number of aliphatic hydroxyl groups excluding tert-OH is 1. The van der Waals surface area contributed by atoms with Crippen LogP contribution in [0.15, 0.2) is 24.3 Å². The van der Waals surface area contributed by atoms with Gasteiger partial charge >= 0.3 is 0 Å². The standard InChI is InChI=1S/C18H28FN3O2/c1-3-20(4-2)14-18(24)22-11-9-21(10-12-22)13-17(23)15-5-7-16(19)8-6-15/h5-8,17,23H,3-4,9-14H2,1-2H3. The predicted molar refractivity (Wildman–Crippen MR) is 92.2 cm³/mol. The lowest BCUT2D eigenvalue weighted by molar-refractivity contribution is -0.134. The van der Waals surface area contributed by atoms with Gasteiger partial charge in [0.2, 0.25) is 5.91 Å². The molecule has 24 heavy (non-hydrogen) atoms. The number of benzene rings is 1. The van der Waals surface area contributed by atoms with E-state index in [1.165, 1.54) is 12.1 Å². The number of carbonyl (C=O) groups excluding carboxylic acids is 1. The first-order valence-electron chi connectivity index (χ1n) is 8.69. The number of carbonyl (C=O) groups is 1. The van der Waals surface area contributed by atoms with Gasteiger partial charge in [0, 0.05) is 32.7 Å². The maximum atomic E-state index is 12.9. The highest BCUT2D eigenvalue weighted by Gasteiger charge is 2.23. The molecule has 0 bridgehead atoms. The van der Waals surface area contributed by atoms with E-state index < -0.39 is 6.10 Å². The minimum atomic E-state index is -0.636. The Bertz CT molecular complexity index is 512. The normalized spacial score (nSPS) is 17.3. The number of amides is 1. The SMILES string of the molecule is CCN(CC)CC(=O)N1CCN(CC(O)c2ccc(F)cc2)CC1. The summed E-state index contributed by atoms with van der Waals surface area (Å²) in [7, 11) is 0. The second kappa shape index (κ2) is 9.11. The maximum absolute atomic E-state index is 12.9. The predicted octanol–water partition coefficient (Wildman–Crippen LogP) is 1.35. The number of hydrogen-bond donors (Lipinski definition) is 1. The summed E-state index contributed by atoms with van der Waals surface area (Å²) in [6.07, 6.45) is -0.636. The van der Waals surface area contributed by atoms with Crippen molar-refractivity contribution >= 4 is 5.91 Å². The Balaban J connectivity index is 1.78. The Kier molecular flexibility index (Phi) is 7.15. The zero-order chi connectivity index (χ0) is 17.5. The van der Waals surface area contributed by atoms with Gasteiger partial charge in [-0.05, 0) is 30.8 Å². The maximum Gasteiger partial charge on any atom is 0.236 e. The van der Waals surface area contributed by atoms with Crippen LogP contribution in [-0.4, -0.2) is 78.1 Å². The van der Waals surface area contributed by atoms with Gasteiger partial charge in [0.25, 0.3) is 0 Å². The quantitative estimate of drug-likeness (QED) is 0.816. The summed E-state index contributed by atoms with van der Waals surface area (Å²) in [6, 6.07) is 5.96. The number of likely N-dealkylation sites (N-methyl/N-ethyl adjacent to an activating group) is 1. The summed E-state index contributed by atoms with van der Waals surface area (Å²) >= 11 is 0. The van der Waals surface area contributed by atoms with E-state index in [4.69, 9.17) is 0 Å². The zero-order valence-electron chi connectivity index (χ0n) is 14.6. The van der Waals surface area contributed by atoms with Gasteiger partial charge in [-0.25, -0.2) is 4.39 Å². The molecule has 0 radical (unpaired) electrons. The number of aliphatic hydroxyl groups is 1. The molecule has 1 aliphatic rings. The molecule has 134 valence electrons. The zero-order valence-corrected chi connectivity index (χ0v) is 14.6. The molecule has 5 nitrogen and oxygen atoms in total. The molecule has 1 saturated heterocycles. The Hall–Kier alpha value is -1.50. The van der Waals surface area contributed by atoms with Gasteiger partial charge < -0.3 is 10.0 Å². The minimum Gasteiger partial charge on any atom is -0.387 e. The van der Waals surface area contributed by atoms with Crippen LogP contribution in [0.1, 0.15) is 25.5 Å². The Morgan fingerprint density at radius 3 is 2.29 bits per heavy atom. The van der Waals surface area contributed by atoms with Crippen LogP contribution in [-0.2, 0) is 4.79 Å². The van der Waals surface area contributed by atoms with Crippen molar-refractivity contribution < 1.29 is 14.3 Å². The summed E-state index contributed by atoms with van der Waals surface area (Å²) in [4.78, 5) is 18.5. The van der Waals surface area contributed by atoms with E-state index in [2.05, 4.69) is 23.6 Å². The molecule has 0 aromatic heterocycles. The first-order valence-corrected chi connectivity index (χ1v) is 8.69. The van der Waals surface area contributed by atoms with Crippen LogP contribution in [0.2, 0.25) is 0 Å². The molecule has 1 fully saturated rings. The summed E-state index contributed by atoms with van der Waals surface area (Å²) in [5.41, 5.74) is 0.719. The molecule has 1 aliphatic heterocycles. The number of halogens is 1. The average molecular weight is 337 g/mol. The highest BCUT2D eigenvalue weighted by atomic mass is 19.1. The van der Waals surface area contributed by atoms with E-state index in [0.29, 0.717) is 26.2 Å². The second-order valence-electron chi connectivity index (χ2n) is 6.21. The Labute approximate surface area is 143 Å². The highest BCUT2D eigenvalue weighted by Crippen LogP contribution is 2.16. The van der Waals surface area contributed by atoms with E-state index in [1.807, 2.05) is 4.90 Å². The lowest BCUT2D eigenvalue weighted by atomic mass is 10.1. The van der Waals surface area contributed by atoms with Gasteiger partial charge in [0.1, 0.15) is 5.82 Å². The van der Waals surface area contributed by atoms with Gasteiger partial charge in [-0.3, -0.25) is 14.6 Å². The third kappa shape index (κ3) is 5.26. The van der Waals surface area contributed by atoms with Gasteiger partial charge in [-0.1, -0.05) is 26.0 Å². The van der Waals surface area contributed by atoms with Gasteiger partial charge in [0.05, 0.1) is 12.6 Å². The fourth-order valence-electron chi connectivity index (χ4n) is 2.95. The van der Waals surface area contributed by atoms with Crippen LogP contribution in [0.5, 0.6) is 0 Å². The average Bonchev–Trinajstić information content (AvgIpc) is 2.60. The van der Waals surface area contributed by atoms with Crippen LogP contribution >= 0.6 is 0 Å². The van der Waals surface area contributed by atoms with Crippen molar-refractivity contribution in [3.8, 4) is 0 Å². The minimum absolute atomic E-state index is 0.178. The molecule has 1 heterocycles. The van der Waals surface area contributed by atoms with E-state index in [1.54, 1.807) is 12.1 Å². The summed E-state index contributed by atoms with van der Waals surface area (Å²) in [5, 5.41) is 10.3. The molecule has 1 amide bonds. The van der Waals surface area contributed by atoms with Gasteiger partial charge in [-0.15, -0.1) is 0 Å². The largest absolute Gasteiger partial charge is 0.387 e. The van der Waals surface area contributed by atoms with Crippen molar-refractivity contribution in [2.24, 2.45) is 0 Å². The molecule has 0 aliphatic carbocycles. The van der Waals surface area contributed by atoms with E-state index in [-0.39, 0.29) is 11.7 Å². The van der Waals surface area contributed by atoms with Crippen molar-refractivity contribution in [2.45, 2.75) is 20.0 Å². The summed E-state index contributed by atoms with van der Waals surface area (Å²) in [5.74, 6) is -0.122. The molecule has 1 N–H and O–H groups in total. The van der Waals surface area contributed by atoms with Gasteiger partial charge in [-0.2, -0.15) is 0 Å². The molecule has 1 aromatic rings. The first kappa shape index (κ1) is 18.8. The highest BCUT2D eigenvalue weighted by molar-refractivity contribution is 5.78. The molecule has 6 heteroatoms. The molecule has 1 unspecified atom stereocenters. The number of β-amino-alcohol motifs (C(OH)–C–C–N with tert-alkyl or cyclic N) is 1. The number of hydrogen-bond acceptors (Lipinski definition) is 4. The van der Waals surface area contributed by atoms with Crippen LogP contribution in [0.4, 0.5) is 4.39 Å². The lowest BCUT2D eigenvalue weighted by Gasteiger charge is -2.36. The van der Waals surface area contributed by atoms with Crippen molar-refractivity contribution in [3.05, 3.63) is 35.6 Å². The molecular formula is C18H28FN3O2. The topological polar surface area (TPSA) is 47.0 Å². The molecule has 2 rings (SSSR count). The van der Waals surface area contributed by atoms with Crippen molar-refractivity contribution in [2.75, 3.05) is 52.4 Å². The molecule has 0 saturated carbocycles. The van der Waals surface area contributed by atoms with Crippen molar-refractivity contribution in [1.29, 1.82) is 0 Å². The van der Waals surface area contributed by atoms with E-state index in [9.17, 15) is 14.3 Å².